The number of rotatable bonds is 8. The number of aliphatic carboxylic acids is 1. The van der Waals surface area contributed by atoms with Crippen molar-refractivity contribution in [3.05, 3.63) is 77.5 Å². The number of hydrogen-bond acceptors (Lipinski definition) is 4. The third kappa shape index (κ3) is 4.38. The van der Waals surface area contributed by atoms with Crippen LogP contribution in [-0.4, -0.2) is 34.3 Å². The highest BCUT2D eigenvalue weighted by molar-refractivity contribution is 5.96. The van der Waals surface area contributed by atoms with Gasteiger partial charge in [-0.2, -0.15) is 0 Å². The van der Waals surface area contributed by atoms with Crippen molar-refractivity contribution in [2.24, 2.45) is 0 Å². The third-order valence-corrected chi connectivity index (χ3v) is 5.13. The average Bonchev–Trinajstić information content (AvgIpc) is 2.97. The Labute approximate surface area is 175 Å². The predicted octanol–water partition coefficient (Wildman–Crippen LogP) is 4.50. The largest absolute Gasteiger partial charge is 0.479 e. The van der Waals surface area contributed by atoms with E-state index in [9.17, 15) is 9.59 Å². The molecule has 0 radical (unpaired) electrons. The number of esters is 1. The van der Waals surface area contributed by atoms with Crippen molar-refractivity contribution in [2.45, 2.75) is 33.4 Å². The smallest absolute Gasteiger partial charge is 0.344 e. The molecule has 0 aliphatic heterocycles. The summed E-state index contributed by atoms with van der Waals surface area (Å²) in [6.45, 7) is 9.97. The maximum absolute atomic E-state index is 12.2. The van der Waals surface area contributed by atoms with E-state index in [2.05, 4.69) is 18.1 Å². The zero-order chi connectivity index (χ0) is 21.8. The molecule has 1 N–H and O–H groups in total. The number of carboxylic acids is 1. The molecule has 0 bridgehead atoms. The van der Waals surface area contributed by atoms with Gasteiger partial charge in [0.05, 0.1) is 5.56 Å². The number of ether oxygens (including phenoxy) is 2. The summed E-state index contributed by atoms with van der Waals surface area (Å²) < 4.78 is 12.7. The molecule has 0 aliphatic rings. The van der Waals surface area contributed by atoms with Crippen molar-refractivity contribution in [3.8, 4) is 5.75 Å². The molecule has 0 fully saturated rings. The molecule has 3 aromatic rings. The summed E-state index contributed by atoms with van der Waals surface area (Å²) in [4.78, 5) is 23.1. The number of carbonyl (C=O) groups excluding carboxylic acids is 1. The maximum atomic E-state index is 12.2. The lowest BCUT2D eigenvalue weighted by molar-refractivity contribution is -0.144. The molecule has 30 heavy (non-hydrogen) atoms. The molecule has 0 amide bonds. The van der Waals surface area contributed by atoms with Crippen LogP contribution in [0.1, 0.15) is 34.1 Å². The second kappa shape index (κ2) is 8.86. The Kier molecular flexibility index (Phi) is 6.26. The van der Waals surface area contributed by atoms with Crippen LogP contribution in [-0.2, 0) is 16.1 Å². The van der Waals surface area contributed by atoms with E-state index in [-0.39, 0.29) is 12.6 Å². The SMILES string of the molecule is C=CCOC(=O)c1ccc2c(c1)c(C)c(C)n2Cc1ccc(O[C@@H](C)C(=O)O)cc1. The molecule has 3 rings (SSSR count). The first-order valence-corrected chi connectivity index (χ1v) is 9.67. The molecule has 0 unspecified atom stereocenters. The number of nitrogens with zero attached hydrogens (tertiary/aromatic N) is 1. The van der Waals surface area contributed by atoms with Gasteiger partial charge in [-0.15, -0.1) is 0 Å². The van der Waals surface area contributed by atoms with Gasteiger partial charge in [-0.25, -0.2) is 9.59 Å². The van der Waals surface area contributed by atoms with Crippen LogP contribution in [0.25, 0.3) is 10.9 Å². The van der Waals surface area contributed by atoms with Crippen LogP contribution in [0.3, 0.4) is 0 Å². The molecule has 1 atom stereocenters. The molecule has 156 valence electrons. The lowest BCUT2D eigenvalue weighted by atomic mass is 10.1. The predicted molar refractivity (Wildman–Crippen MR) is 115 cm³/mol. The zero-order valence-electron chi connectivity index (χ0n) is 17.3. The number of carboxylic acid groups (broad SMARTS) is 1. The minimum atomic E-state index is -1.00. The van der Waals surface area contributed by atoms with Gasteiger partial charge in [-0.3, -0.25) is 0 Å². The highest BCUT2D eigenvalue weighted by atomic mass is 16.5. The third-order valence-electron chi connectivity index (χ3n) is 5.13. The van der Waals surface area contributed by atoms with Crippen LogP contribution < -0.4 is 4.74 Å². The van der Waals surface area contributed by atoms with Crippen molar-refractivity contribution in [2.75, 3.05) is 6.61 Å². The Morgan fingerprint density at radius 3 is 2.50 bits per heavy atom. The van der Waals surface area contributed by atoms with Gasteiger partial charge in [-0.1, -0.05) is 24.8 Å². The van der Waals surface area contributed by atoms with Crippen LogP contribution >= 0.6 is 0 Å². The van der Waals surface area contributed by atoms with Gasteiger partial charge in [0.2, 0.25) is 0 Å². The van der Waals surface area contributed by atoms with E-state index in [0.29, 0.717) is 17.9 Å². The maximum Gasteiger partial charge on any atom is 0.344 e. The molecule has 6 heteroatoms. The molecule has 0 spiro atoms. The first kappa shape index (κ1) is 21.2. The fourth-order valence-corrected chi connectivity index (χ4v) is 3.31. The van der Waals surface area contributed by atoms with E-state index < -0.39 is 12.1 Å². The van der Waals surface area contributed by atoms with Crippen LogP contribution in [0.4, 0.5) is 0 Å². The minimum Gasteiger partial charge on any atom is -0.479 e. The molecule has 1 heterocycles. The number of benzene rings is 2. The minimum absolute atomic E-state index is 0.181. The first-order chi connectivity index (χ1) is 14.3. The van der Waals surface area contributed by atoms with Gasteiger partial charge in [-0.05, 0) is 62.2 Å². The summed E-state index contributed by atoms with van der Waals surface area (Å²) in [6.07, 6.45) is 0.641. The van der Waals surface area contributed by atoms with Gasteiger partial charge in [0.25, 0.3) is 0 Å². The lowest BCUT2D eigenvalue weighted by Crippen LogP contribution is -2.22. The van der Waals surface area contributed by atoms with Crippen molar-refractivity contribution in [1.82, 2.24) is 4.57 Å². The van der Waals surface area contributed by atoms with Crippen LogP contribution in [0, 0.1) is 13.8 Å². The lowest BCUT2D eigenvalue weighted by Gasteiger charge is -2.12. The van der Waals surface area contributed by atoms with Gasteiger partial charge in [0.1, 0.15) is 12.4 Å². The molecule has 0 aliphatic carbocycles. The molecular formula is C24H25NO5. The number of aryl methyl sites for hydroxylation is 1. The molecule has 0 saturated carbocycles. The van der Waals surface area contributed by atoms with Crippen molar-refractivity contribution >= 4 is 22.8 Å². The second-order valence-electron chi connectivity index (χ2n) is 7.16. The Bertz CT molecular complexity index is 1090. The molecule has 6 nitrogen and oxygen atoms in total. The number of fused-ring (bicyclic) bond motifs is 1. The Hall–Kier alpha value is -3.54. The summed E-state index contributed by atoms with van der Waals surface area (Å²) in [7, 11) is 0. The first-order valence-electron chi connectivity index (χ1n) is 9.67. The molecular weight excluding hydrogens is 382 g/mol. The summed E-state index contributed by atoms with van der Waals surface area (Å²) >= 11 is 0. The van der Waals surface area contributed by atoms with E-state index in [1.165, 1.54) is 6.92 Å². The van der Waals surface area contributed by atoms with Gasteiger partial charge < -0.3 is 19.1 Å². The quantitative estimate of drug-likeness (QED) is 0.439. The number of carbonyl (C=O) groups is 2. The zero-order valence-corrected chi connectivity index (χ0v) is 17.3. The monoisotopic (exact) mass is 407 g/mol. The molecule has 0 saturated heterocycles. The standard InChI is InChI=1S/C24H25NO5/c1-5-12-29-24(28)19-8-11-22-21(13-19)15(2)16(3)25(22)14-18-6-9-20(10-7-18)30-17(4)23(26)27/h5-11,13,17H,1,12,14H2,2-4H3,(H,26,27)/t17-/m0/s1. The van der Waals surface area contributed by atoms with E-state index in [1.54, 1.807) is 24.3 Å². The highest BCUT2D eigenvalue weighted by Crippen LogP contribution is 2.28. The van der Waals surface area contributed by atoms with Crippen LogP contribution in [0.5, 0.6) is 5.75 Å². The summed E-state index contributed by atoms with van der Waals surface area (Å²) in [5.41, 5.74) is 4.82. The Morgan fingerprint density at radius 1 is 1.17 bits per heavy atom. The second-order valence-corrected chi connectivity index (χ2v) is 7.16. The van der Waals surface area contributed by atoms with Gasteiger partial charge in [0.15, 0.2) is 6.10 Å². The highest BCUT2D eigenvalue weighted by Gasteiger charge is 2.15. The van der Waals surface area contributed by atoms with Crippen molar-refractivity contribution < 1.29 is 24.2 Å². The Balaban J connectivity index is 1.86. The number of aromatic nitrogens is 1. The summed E-state index contributed by atoms with van der Waals surface area (Å²) in [5, 5.41) is 9.97. The Morgan fingerprint density at radius 2 is 1.87 bits per heavy atom. The van der Waals surface area contributed by atoms with Crippen molar-refractivity contribution in [1.29, 1.82) is 0 Å². The van der Waals surface area contributed by atoms with Crippen LogP contribution in [0.15, 0.2) is 55.1 Å². The van der Waals surface area contributed by atoms with Gasteiger partial charge >= 0.3 is 11.9 Å². The fraction of sp³-hybridized carbons (Fsp3) is 0.250. The van der Waals surface area contributed by atoms with E-state index in [4.69, 9.17) is 14.6 Å². The van der Waals surface area contributed by atoms with Crippen LogP contribution in [0.2, 0.25) is 0 Å². The van der Waals surface area contributed by atoms with Crippen molar-refractivity contribution in [3.63, 3.8) is 0 Å². The van der Waals surface area contributed by atoms with Gasteiger partial charge in [0, 0.05) is 23.1 Å². The molecule has 1 aromatic heterocycles. The topological polar surface area (TPSA) is 77.8 Å². The molecule has 2 aromatic carbocycles. The number of hydrogen-bond donors (Lipinski definition) is 1. The van der Waals surface area contributed by atoms with E-state index >= 15 is 0 Å². The van der Waals surface area contributed by atoms with E-state index in [1.807, 2.05) is 31.2 Å². The fourth-order valence-electron chi connectivity index (χ4n) is 3.31. The normalized spacial score (nSPS) is 11.8. The summed E-state index contributed by atoms with van der Waals surface area (Å²) in [6, 6.07) is 13.0. The average molecular weight is 407 g/mol. The summed E-state index contributed by atoms with van der Waals surface area (Å²) in [5.74, 6) is -0.855. The van der Waals surface area contributed by atoms with E-state index in [0.717, 1.165) is 27.7 Å².